The number of esters is 1. The summed E-state index contributed by atoms with van der Waals surface area (Å²) in [5.41, 5.74) is 2.15. The molecule has 2 rings (SSSR count). The molecule has 0 aromatic heterocycles. The van der Waals surface area contributed by atoms with Gasteiger partial charge in [-0.05, 0) is 44.2 Å². The lowest BCUT2D eigenvalue weighted by Crippen LogP contribution is -2.45. The van der Waals surface area contributed by atoms with E-state index in [0.717, 1.165) is 24.8 Å². The zero-order chi connectivity index (χ0) is 14.8. The molecule has 110 valence electrons. The van der Waals surface area contributed by atoms with Gasteiger partial charge in [-0.2, -0.15) is 0 Å². The molecule has 0 radical (unpaired) electrons. The first-order chi connectivity index (χ1) is 9.52. The molecular formula is C17H24O3. The largest absolute Gasteiger partial charge is 0.464 e. The molecule has 1 aromatic rings. The number of fused-ring (bicyclic) bond motifs is 1. The molecule has 2 atom stereocenters. The van der Waals surface area contributed by atoms with Crippen LogP contribution in [0.5, 0.6) is 0 Å². The Bertz CT molecular complexity index is 495. The molecule has 0 saturated carbocycles. The maximum Gasteiger partial charge on any atom is 0.338 e. The van der Waals surface area contributed by atoms with E-state index >= 15 is 0 Å². The van der Waals surface area contributed by atoms with Crippen molar-refractivity contribution in [1.82, 2.24) is 0 Å². The van der Waals surface area contributed by atoms with Crippen molar-refractivity contribution >= 4 is 5.97 Å². The highest BCUT2D eigenvalue weighted by Gasteiger charge is 2.47. The van der Waals surface area contributed by atoms with Crippen LogP contribution in [0.25, 0.3) is 0 Å². The van der Waals surface area contributed by atoms with Crippen molar-refractivity contribution in [2.75, 3.05) is 6.61 Å². The van der Waals surface area contributed by atoms with Crippen LogP contribution in [0.15, 0.2) is 18.2 Å². The van der Waals surface area contributed by atoms with Gasteiger partial charge in [-0.25, -0.2) is 4.79 Å². The Morgan fingerprint density at radius 3 is 2.85 bits per heavy atom. The smallest absolute Gasteiger partial charge is 0.338 e. The highest BCUT2D eigenvalue weighted by molar-refractivity contribution is 5.81. The highest BCUT2D eigenvalue weighted by Crippen LogP contribution is 2.43. The van der Waals surface area contributed by atoms with Gasteiger partial charge in [0.1, 0.15) is 0 Å². The van der Waals surface area contributed by atoms with Crippen molar-refractivity contribution in [3.63, 3.8) is 0 Å². The summed E-state index contributed by atoms with van der Waals surface area (Å²) in [7, 11) is 0. The summed E-state index contributed by atoms with van der Waals surface area (Å²) in [6.07, 6.45) is 2.94. The lowest BCUT2D eigenvalue weighted by atomic mass is 9.79. The lowest BCUT2D eigenvalue weighted by molar-refractivity contribution is -0.168. The topological polar surface area (TPSA) is 46.5 Å². The molecule has 0 amide bonds. The van der Waals surface area contributed by atoms with Crippen LogP contribution in [-0.2, 0) is 16.0 Å². The van der Waals surface area contributed by atoms with Gasteiger partial charge < -0.3 is 9.84 Å². The van der Waals surface area contributed by atoms with Crippen LogP contribution in [0.4, 0.5) is 0 Å². The minimum Gasteiger partial charge on any atom is -0.464 e. The molecule has 1 N–H and O–H groups in total. The first-order valence-corrected chi connectivity index (χ1v) is 7.52. The Balaban J connectivity index is 2.37. The summed E-state index contributed by atoms with van der Waals surface area (Å²) in [5, 5.41) is 11.0. The summed E-state index contributed by atoms with van der Waals surface area (Å²) < 4.78 is 5.13. The van der Waals surface area contributed by atoms with Crippen molar-refractivity contribution < 1.29 is 14.6 Å². The average Bonchev–Trinajstić information content (AvgIpc) is 2.82. The molecule has 1 aliphatic carbocycles. The standard InChI is InChI=1S/C17H24O3/c1-4-10-17(19,16(18)20-5-2)15-9-8-13-7-6-12(3)11-14(13)15/h6-7,11,15,19H,4-5,8-10H2,1-3H3. The van der Waals surface area contributed by atoms with Crippen molar-refractivity contribution in [2.24, 2.45) is 0 Å². The average molecular weight is 276 g/mol. The van der Waals surface area contributed by atoms with Crippen LogP contribution in [0.1, 0.15) is 55.7 Å². The summed E-state index contributed by atoms with van der Waals surface area (Å²) in [6.45, 7) is 6.10. The van der Waals surface area contributed by atoms with E-state index in [-0.39, 0.29) is 5.92 Å². The van der Waals surface area contributed by atoms with Crippen LogP contribution in [0.3, 0.4) is 0 Å². The summed E-state index contributed by atoms with van der Waals surface area (Å²) >= 11 is 0. The number of carbonyl (C=O) groups is 1. The second-order valence-corrected chi connectivity index (χ2v) is 5.69. The van der Waals surface area contributed by atoms with Gasteiger partial charge in [0.2, 0.25) is 0 Å². The van der Waals surface area contributed by atoms with Crippen LogP contribution in [0.2, 0.25) is 0 Å². The van der Waals surface area contributed by atoms with Gasteiger partial charge in [0.15, 0.2) is 5.60 Å². The third-order valence-electron chi connectivity index (χ3n) is 4.22. The van der Waals surface area contributed by atoms with E-state index in [1.165, 1.54) is 11.1 Å². The number of hydrogen-bond donors (Lipinski definition) is 1. The highest BCUT2D eigenvalue weighted by atomic mass is 16.5. The number of aryl methyl sites for hydroxylation is 2. The van der Waals surface area contributed by atoms with E-state index in [0.29, 0.717) is 13.0 Å². The van der Waals surface area contributed by atoms with Crippen molar-refractivity contribution in [3.05, 3.63) is 34.9 Å². The number of benzene rings is 1. The zero-order valence-electron chi connectivity index (χ0n) is 12.6. The number of ether oxygens (including phenoxy) is 1. The first-order valence-electron chi connectivity index (χ1n) is 7.52. The Morgan fingerprint density at radius 2 is 2.20 bits per heavy atom. The van der Waals surface area contributed by atoms with Crippen molar-refractivity contribution in [1.29, 1.82) is 0 Å². The molecule has 0 heterocycles. The maximum atomic E-state index is 12.3. The van der Waals surface area contributed by atoms with E-state index in [1.54, 1.807) is 6.92 Å². The number of hydrogen-bond acceptors (Lipinski definition) is 3. The van der Waals surface area contributed by atoms with Crippen LogP contribution in [0, 0.1) is 6.92 Å². The Kier molecular flexibility index (Phi) is 4.48. The maximum absolute atomic E-state index is 12.3. The van der Waals surface area contributed by atoms with Crippen LogP contribution < -0.4 is 0 Å². The van der Waals surface area contributed by atoms with Crippen molar-refractivity contribution in [2.45, 2.75) is 58.0 Å². The van der Waals surface area contributed by atoms with E-state index in [2.05, 4.69) is 18.2 Å². The first kappa shape index (κ1) is 15.0. The fraction of sp³-hybridized carbons (Fsp3) is 0.588. The number of aliphatic hydroxyl groups is 1. The normalized spacial score (nSPS) is 20.3. The van der Waals surface area contributed by atoms with Gasteiger partial charge in [-0.15, -0.1) is 0 Å². The van der Waals surface area contributed by atoms with E-state index in [9.17, 15) is 9.90 Å². The third kappa shape index (κ3) is 2.59. The number of rotatable bonds is 5. The minimum atomic E-state index is -1.39. The van der Waals surface area contributed by atoms with E-state index < -0.39 is 11.6 Å². The SMILES string of the molecule is CCCC(O)(C(=O)OCC)C1CCc2ccc(C)cc21. The van der Waals surface area contributed by atoms with Gasteiger partial charge >= 0.3 is 5.97 Å². The fourth-order valence-electron chi connectivity index (χ4n) is 3.27. The second-order valence-electron chi connectivity index (χ2n) is 5.69. The predicted molar refractivity (Wildman–Crippen MR) is 78.7 cm³/mol. The molecule has 0 aliphatic heterocycles. The molecule has 0 fully saturated rings. The minimum absolute atomic E-state index is 0.142. The van der Waals surface area contributed by atoms with Gasteiger partial charge in [-0.3, -0.25) is 0 Å². The molecule has 3 nitrogen and oxygen atoms in total. The van der Waals surface area contributed by atoms with Gasteiger partial charge in [0.05, 0.1) is 6.61 Å². The Morgan fingerprint density at radius 1 is 1.45 bits per heavy atom. The molecule has 1 aromatic carbocycles. The number of carbonyl (C=O) groups excluding carboxylic acids is 1. The van der Waals surface area contributed by atoms with Gasteiger partial charge in [0.25, 0.3) is 0 Å². The molecule has 2 unspecified atom stereocenters. The molecule has 0 bridgehead atoms. The van der Waals surface area contributed by atoms with Crippen molar-refractivity contribution in [3.8, 4) is 0 Å². The lowest BCUT2D eigenvalue weighted by Gasteiger charge is -2.32. The molecular weight excluding hydrogens is 252 g/mol. The fourth-order valence-corrected chi connectivity index (χ4v) is 3.27. The summed E-state index contributed by atoms with van der Waals surface area (Å²) in [5.74, 6) is -0.613. The van der Waals surface area contributed by atoms with Gasteiger partial charge in [-0.1, -0.05) is 37.1 Å². The molecule has 0 spiro atoms. The van der Waals surface area contributed by atoms with E-state index in [1.807, 2.05) is 13.8 Å². The van der Waals surface area contributed by atoms with E-state index in [4.69, 9.17) is 4.74 Å². The quantitative estimate of drug-likeness (QED) is 0.840. The van der Waals surface area contributed by atoms with Crippen LogP contribution >= 0.6 is 0 Å². The molecule has 3 heteroatoms. The molecule has 0 saturated heterocycles. The van der Waals surface area contributed by atoms with Gasteiger partial charge in [0, 0.05) is 5.92 Å². The summed E-state index contributed by atoms with van der Waals surface area (Å²) in [6, 6.07) is 6.31. The third-order valence-corrected chi connectivity index (χ3v) is 4.22. The predicted octanol–water partition coefficient (Wildman–Crippen LogP) is 3.12. The molecule has 20 heavy (non-hydrogen) atoms. The monoisotopic (exact) mass is 276 g/mol. The Hall–Kier alpha value is -1.35. The summed E-state index contributed by atoms with van der Waals surface area (Å²) in [4.78, 5) is 12.3. The Labute approximate surface area is 121 Å². The van der Waals surface area contributed by atoms with Crippen LogP contribution in [-0.4, -0.2) is 23.3 Å². The second kappa shape index (κ2) is 5.96. The zero-order valence-corrected chi connectivity index (χ0v) is 12.6. The molecule has 1 aliphatic rings.